The maximum Gasteiger partial charge on any atom is 0.306 e. The Labute approximate surface area is 127 Å². The third-order valence-corrected chi connectivity index (χ3v) is 4.27. The van der Waals surface area contributed by atoms with Gasteiger partial charge in [0, 0.05) is 0 Å². The Hall–Kier alpha value is -1.51. The van der Waals surface area contributed by atoms with Crippen LogP contribution >= 0.6 is 0 Å². The zero-order valence-electron chi connectivity index (χ0n) is 12.9. The number of fused-ring (bicyclic) bond motifs is 1. The van der Waals surface area contributed by atoms with Crippen molar-refractivity contribution < 1.29 is 14.6 Å². The van der Waals surface area contributed by atoms with Crippen LogP contribution in [0.4, 0.5) is 0 Å². The van der Waals surface area contributed by atoms with Crippen molar-refractivity contribution in [3.63, 3.8) is 0 Å². The number of carboxylic acids is 1. The molecule has 0 bridgehead atoms. The van der Waals surface area contributed by atoms with Gasteiger partial charge in [-0.1, -0.05) is 38.7 Å². The van der Waals surface area contributed by atoms with Gasteiger partial charge in [0.15, 0.2) is 0 Å². The van der Waals surface area contributed by atoms with Gasteiger partial charge in [0.05, 0.1) is 12.5 Å². The van der Waals surface area contributed by atoms with Gasteiger partial charge in [0.25, 0.3) is 0 Å². The van der Waals surface area contributed by atoms with Crippen LogP contribution in [0, 0.1) is 5.92 Å². The van der Waals surface area contributed by atoms with E-state index in [1.54, 1.807) is 0 Å². The van der Waals surface area contributed by atoms with Crippen LogP contribution in [-0.4, -0.2) is 17.7 Å². The van der Waals surface area contributed by atoms with E-state index in [0.29, 0.717) is 6.42 Å². The predicted molar refractivity (Wildman–Crippen MR) is 83.8 cm³/mol. The molecule has 0 saturated carbocycles. The molecule has 0 spiro atoms. The molecule has 0 fully saturated rings. The number of ether oxygens (including phenoxy) is 1. The summed E-state index contributed by atoms with van der Waals surface area (Å²) in [5.74, 6) is 0.0360. The molecule has 1 N–H and O–H groups in total. The molecule has 1 unspecified atom stereocenters. The molecule has 21 heavy (non-hydrogen) atoms. The van der Waals surface area contributed by atoms with Crippen LogP contribution in [0.3, 0.4) is 0 Å². The van der Waals surface area contributed by atoms with Crippen LogP contribution in [0.1, 0.15) is 56.6 Å². The van der Waals surface area contributed by atoms with E-state index in [1.165, 1.54) is 36.8 Å². The minimum atomic E-state index is -0.673. The molecule has 0 amide bonds. The van der Waals surface area contributed by atoms with E-state index in [9.17, 15) is 4.79 Å². The molecular weight excluding hydrogens is 264 g/mol. The van der Waals surface area contributed by atoms with Crippen molar-refractivity contribution in [2.24, 2.45) is 5.92 Å². The molecule has 3 nitrogen and oxygen atoms in total. The summed E-state index contributed by atoms with van der Waals surface area (Å²) >= 11 is 0. The lowest BCUT2D eigenvalue weighted by atomic mass is 9.84. The number of benzene rings is 1. The van der Waals surface area contributed by atoms with Crippen molar-refractivity contribution in [2.75, 3.05) is 6.61 Å². The van der Waals surface area contributed by atoms with E-state index in [2.05, 4.69) is 13.0 Å². The Morgan fingerprint density at radius 3 is 2.81 bits per heavy atom. The number of unbranched alkanes of at least 4 members (excludes halogenated alkanes) is 4. The fraction of sp³-hybridized carbons (Fsp3) is 0.611. The van der Waals surface area contributed by atoms with Crippen molar-refractivity contribution in [3.8, 4) is 5.75 Å². The van der Waals surface area contributed by atoms with Gasteiger partial charge in [0.2, 0.25) is 0 Å². The lowest BCUT2D eigenvalue weighted by Crippen LogP contribution is -2.22. The second-order valence-corrected chi connectivity index (χ2v) is 5.97. The van der Waals surface area contributed by atoms with Crippen molar-refractivity contribution in [1.29, 1.82) is 0 Å². The maximum absolute atomic E-state index is 11.1. The minimum Gasteiger partial charge on any atom is -0.494 e. The summed E-state index contributed by atoms with van der Waals surface area (Å²) in [6.45, 7) is 3.00. The summed E-state index contributed by atoms with van der Waals surface area (Å²) in [7, 11) is 0. The van der Waals surface area contributed by atoms with Crippen LogP contribution in [-0.2, 0) is 17.6 Å². The first kappa shape index (κ1) is 15.9. The summed E-state index contributed by atoms with van der Waals surface area (Å²) in [5.41, 5.74) is 2.43. The monoisotopic (exact) mass is 290 g/mol. The van der Waals surface area contributed by atoms with Crippen molar-refractivity contribution in [2.45, 2.75) is 58.3 Å². The molecule has 116 valence electrons. The smallest absolute Gasteiger partial charge is 0.306 e. The van der Waals surface area contributed by atoms with Gasteiger partial charge in [-0.3, -0.25) is 4.79 Å². The fourth-order valence-electron chi connectivity index (χ4n) is 2.93. The third-order valence-electron chi connectivity index (χ3n) is 4.27. The first-order valence-corrected chi connectivity index (χ1v) is 8.18. The number of hydrogen-bond acceptors (Lipinski definition) is 2. The molecule has 0 aliphatic heterocycles. The van der Waals surface area contributed by atoms with E-state index >= 15 is 0 Å². The minimum absolute atomic E-state index is 0.220. The number of carbonyl (C=O) groups is 1. The normalized spacial score (nSPS) is 17.3. The highest BCUT2D eigenvalue weighted by atomic mass is 16.5. The first-order chi connectivity index (χ1) is 10.2. The highest BCUT2D eigenvalue weighted by Crippen LogP contribution is 2.28. The lowest BCUT2D eigenvalue weighted by molar-refractivity contribution is -0.142. The molecule has 1 aliphatic carbocycles. The largest absolute Gasteiger partial charge is 0.494 e. The second-order valence-electron chi connectivity index (χ2n) is 5.97. The zero-order chi connectivity index (χ0) is 15.1. The summed E-state index contributed by atoms with van der Waals surface area (Å²) in [6.07, 6.45) is 8.45. The third kappa shape index (κ3) is 4.76. The van der Waals surface area contributed by atoms with Crippen molar-refractivity contribution in [3.05, 3.63) is 29.3 Å². The highest BCUT2D eigenvalue weighted by Gasteiger charge is 2.24. The van der Waals surface area contributed by atoms with Crippen molar-refractivity contribution >= 4 is 5.97 Å². The van der Waals surface area contributed by atoms with Crippen LogP contribution in [0.15, 0.2) is 18.2 Å². The molecule has 0 saturated heterocycles. The fourth-order valence-corrected chi connectivity index (χ4v) is 2.93. The van der Waals surface area contributed by atoms with Gasteiger partial charge in [-0.2, -0.15) is 0 Å². The van der Waals surface area contributed by atoms with E-state index < -0.39 is 5.97 Å². The molecule has 1 aromatic rings. The molecule has 0 radical (unpaired) electrons. The average molecular weight is 290 g/mol. The Bertz CT molecular complexity index is 468. The van der Waals surface area contributed by atoms with E-state index in [-0.39, 0.29) is 5.92 Å². The zero-order valence-corrected chi connectivity index (χ0v) is 12.9. The summed E-state index contributed by atoms with van der Waals surface area (Å²) in [5, 5.41) is 9.10. The standard InChI is InChI=1S/C18H26O3/c1-2-3-4-5-6-11-21-17-10-9-14-12-16(18(19)20)8-7-15(14)13-17/h9-10,13,16H,2-8,11-12H2,1H3,(H,19,20). The number of rotatable bonds is 8. The van der Waals surface area contributed by atoms with Gasteiger partial charge in [-0.15, -0.1) is 0 Å². The molecular formula is C18H26O3. The molecule has 1 aliphatic rings. The Morgan fingerprint density at radius 2 is 2.05 bits per heavy atom. The quantitative estimate of drug-likeness (QED) is 0.729. The second kappa shape index (κ2) is 8.06. The highest BCUT2D eigenvalue weighted by molar-refractivity contribution is 5.71. The molecule has 1 atom stereocenters. The maximum atomic E-state index is 11.1. The van der Waals surface area contributed by atoms with E-state index in [0.717, 1.165) is 31.6 Å². The van der Waals surface area contributed by atoms with Gasteiger partial charge in [-0.05, 0) is 48.9 Å². The van der Waals surface area contributed by atoms with Crippen LogP contribution in [0.5, 0.6) is 5.75 Å². The van der Waals surface area contributed by atoms with Crippen LogP contribution in [0.25, 0.3) is 0 Å². The predicted octanol–water partition coefficient (Wildman–Crippen LogP) is 4.23. The van der Waals surface area contributed by atoms with Gasteiger partial charge < -0.3 is 9.84 Å². The number of hydrogen-bond donors (Lipinski definition) is 1. The number of carboxylic acid groups (broad SMARTS) is 1. The lowest BCUT2D eigenvalue weighted by Gasteiger charge is -2.22. The summed E-state index contributed by atoms with van der Waals surface area (Å²) < 4.78 is 5.81. The Kier molecular flexibility index (Phi) is 6.09. The SMILES string of the molecule is CCCCCCCOc1ccc2c(c1)CCC(C(=O)O)C2. The van der Waals surface area contributed by atoms with Gasteiger partial charge in [0.1, 0.15) is 5.75 Å². The number of aryl methyl sites for hydroxylation is 1. The Balaban J connectivity index is 1.80. The molecule has 0 heterocycles. The van der Waals surface area contributed by atoms with Gasteiger partial charge >= 0.3 is 5.97 Å². The number of aliphatic carboxylic acids is 1. The van der Waals surface area contributed by atoms with Gasteiger partial charge in [-0.25, -0.2) is 0 Å². The average Bonchev–Trinajstić information content (AvgIpc) is 2.50. The molecule has 1 aromatic carbocycles. The van der Waals surface area contributed by atoms with E-state index in [1.807, 2.05) is 12.1 Å². The van der Waals surface area contributed by atoms with Crippen LogP contribution in [0.2, 0.25) is 0 Å². The Morgan fingerprint density at radius 1 is 1.24 bits per heavy atom. The molecule has 0 aromatic heterocycles. The molecule has 2 rings (SSSR count). The summed E-state index contributed by atoms with van der Waals surface area (Å²) in [6, 6.07) is 6.12. The van der Waals surface area contributed by atoms with Crippen molar-refractivity contribution in [1.82, 2.24) is 0 Å². The first-order valence-electron chi connectivity index (χ1n) is 8.18. The van der Waals surface area contributed by atoms with Crippen LogP contribution < -0.4 is 4.74 Å². The summed E-state index contributed by atoms with van der Waals surface area (Å²) in [4.78, 5) is 11.1. The van der Waals surface area contributed by atoms with E-state index in [4.69, 9.17) is 9.84 Å². The molecule has 3 heteroatoms. The topological polar surface area (TPSA) is 46.5 Å².